The molecule has 1 aromatic rings. The van der Waals surface area contributed by atoms with Crippen LogP contribution in [0.5, 0.6) is 0 Å². The summed E-state index contributed by atoms with van der Waals surface area (Å²) in [6.07, 6.45) is 3.02. The smallest absolute Gasteiger partial charge is 0.130 e. The van der Waals surface area contributed by atoms with Crippen molar-refractivity contribution < 1.29 is 9.50 Å². The van der Waals surface area contributed by atoms with E-state index in [1.54, 1.807) is 12.1 Å². The standard InChI is InChI=1S/C10H12FNO/c11-10-4-3-8(7-12)6-9(10)2-1-5-13/h1-4,6,13H,5,7,12H2. The van der Waals surface area contributed by atoms with Crippen molar-refractivity contribution in [3.05, 3.63) is 41.2 Å². The molecule has 0 saturated heterocycles. The summed E-state index contributed by atoms with van der Waals surface area (Å²) < 4.78 is 13.1. The molecule has 3 heteroatoms. The molecule has 0 aliphatic heterocycles. The number of benzene rings is 1. The van der Waals surface area contributed by atoms with Crippen LogP contribution in [0.1, 0.15) is 11.1 Å². The molecule has 0 heterocycles. The highest BCUT2D eigenvalue weighted by atomic mass is 19.1. The Bertz CT molecular complexity index is 310. The first kappa shape index (κ1) is 9.89. The van der Waals surface area contributed by atoms with Gasteiger partial charge in [0.2, 0.25) is 0 Å². The molecule has 2 nitrogen and oxygen atoms in total. The summed E-state index contributed by atoms with van der Waals surface area (Å²) in [7, 11) is 0. The second-order valence-corrected chi connectivity index (χ2v) is 2.64. The van der Waals surface area contributed by atoms with Crippen molar-refractivity contribution in [3.63, 3.8) is 0 Å². The maximum Gasteiger partial charge on any atom is 0.130 e. The van der Waals surface area contributed by atoms with Crippen molar-refractivity contribution in [3.8, 4) is 0 Å². The van der Waals surface area contributed by atoms with Crippen molar-refractivity contribution in [1.82, 2.24) is 0 Å². The second kappa shape index (κ2) is 4.74. The molecule has 3 N–H and O–H groups in total. The van der Waals surface area contributed by atoms with Crippen LogP contribution in [-0.2, 0) is 6.54 Å². The Kier molecular flexibility index (Phi) is 3.61. The lowest BCUT2D eigenvalue weighted by molar-refractivity contribution is 0.343. The molecule has 1 aromatic carbocycles. The van der Waals surface area contributed by atoms with Gasteiger partial charge in [-0.25, -0.2) is 4.39 Å². The number of rotatable bonds is 3. The molecule has 70 valence electrons. The highest BCUT2D eigenvalue weighted by Gasteiger charge is 1.98. The Morgan fingerprint density at radius 2 is 2.23 bits per heavy atom. The van der Waals surface area contributed by atoms with E-state index in [0.717, 1.165) is 5.56 Å². The molecule has 0 spiro atoms. The predicted molar refractivity (Wildman–Crippen MR) is 50.4 cm³/mol. The molecular weight excluding hydrogens is 169 g/mol. The number of nitrogens with two attached hydrogens (primary N) is 1. The number of halogens is 1. The highest BCUT2D eigenvalue weighted by molar-refractivity contribution is 5.51. The zero-order chi connectivity index (χ0) is 9.68. The lowest BCUT2D eigenvalue weighted by Gasteiger charge is -2.00. The minimum atomic E-state index is -0.304. The topological polar surface area (TPSA) is 46.2 Å². The molecular formula is C10H12FNO. The van der Waals surface area contributed by atoms with Crippen LogP contribution in [0, 0.1) is 5.82 Å². The van der Waals surface area contributed by atoms with E-state index < -0.39 is 0 Å². The molecule has 13 heavy (non-hydrogen) atoms. The molecule has 1 rings (SSSR count). The minimum Gasteiger partial charge on any atom is -0.392 e. The van der Waals surface area contributed by atoms with E-state index >= 15 is 0 Å². The third kappa shape index (κ3) is 2.65. The third-order valence-electron chi connectivity index (χ3n) is 1.70. The molecule has 0 aliphatic carbocycles. The maximum absolute atomic E-state index is 13.1. The lowest BCUT2D eigenvalue weighted by Crippen LogP contribution is -1.97. The van der Waals surface area contributed by atoms with Gasteiger partial charge in [0.15, 0.2) is 0 Å². The van der Waals surface area contributed by atoms with Crippen molar-refractivity contribution in [2.24, 2.45) is 5.73 Å². The Hall–Kier alpha value is -1.19. The van der Waals surface area contributed by atoms with E-state index in [1.807, 2.05) is 0 Å². The first-order chi connectivity index (χ1) is 6.27. The molecule has 0 fully saturated rings. The van der Waals surface area contributed by atoms with E-state index in [4.69, 9.17) is 10.8 Å². The molecule has 0 amide bonds. The van der Waals surface area contributed by atoms with Gasteiger partial charge in [0.25, 0.3) is 0 Å². The van der Waals surface area contributed by atoms with Gasteiger partial charge in [-0.1, -0.05) is 18.2 Å². The summed E-state index contributed by atoms with van der Waals surface area (Å²) >= 11 is 0. The molecule has 0 unspecified atom stereocenters. The van der Waals surface area contributed by atoms with Crippen LogP contribution in [-0.4, -0.2) is 11.7 Å². The fourth-order valence-corrected chi connectivity index (χ4v) is 1.03. The van der Waals surface area contributed by atoms with Crippen molar-refractivity contribution >= 4 is 6.08 Å². The quantitative estimate of drug-likeness (QED) is 0.738. The van der Waals surface area contributed by atoms with Gasteiger partial charge in [-0.05, 0) is 17.7 Å². The summed E-state index contributed by atoms with van der Waals surface area (Å²) in [5, 5.41) is 8.51. The average Bonchev–Trinajstić information content (AvgIpc) is 2.17. The molecule has 0 atom stereocenters. The Labute approximate surface area is 76.5 Å². The molecule has 0 aliphatic rings. The normalized spacial score (nSPS) is 11.0. The van der Waals surface area contributed by atoms with Crippen LogP contribution in [0.25, 0.3) is 6.08 Å². The summed E-state index contributed by atoms with van der Waals surface area (Å²) in [5.74, 6) is -0.304. The fourth-order valence-electron chi connectivity index (χ4n) is 1.03. The first-order valence-corrected chi connectivity index (χ1v) is 4.04. The summed E-state index contributed by atoms with van der Waals surface area (Å²) in [5.41, 5.74) is 6.73. The number of hydrogen-bond donors (Lipinski definition) is 2. The van der Waals surface area contributed by atoms with Gasteiger partial charge < -0.3 is 10.8 Å². The molecule has 0 aromatic heterocycles. The van der Waals surface area contributed by atoms with Gasteiger partial charge in [0.1, 0.15) is 5.82 Å². The molecule has 0 radical (unpaired) electrons. The molecule has 0 bridgehead atoms. The van der Waals surface area contributed by atoms with Crippen molar-refractivity contribution in [1.29, 1.82) is 0 Å². The van der Waals surface area contributed by atoms with Gasteiger partial charge in [0.05, 0.1) is 6.61 Å². The zero-order valence-electron chi connectivity index (χ0n) is 7.20. The van der Waals surface area contributed by atoms with Gasteiger partial charge in [-0.15, -0.1) is 0 Å². The Morgan fingerprint density at radius 1 is 1.46 bits per heavy atom. The monoisotopic (exact) mass is 181 g/mol. The van der Waals surface area contributed by atoms with Gasteiger partial charge in [-0.3, -0.25) is 0 Å². The second-order valence-electron chi connectivity index (χ2n) is 2.64. The first-order valence-electron chi connectivity index (χ1n) is 4.04. The Balaban J connectivity index is 2.97. The van der Waals surface area contributed by atoms with Crippen LogP contribution in [0.2, 0.25) is 0 Å². The van der Waals surface area contributed by atoms with E-state index in [-0.39, 0.29) is 12.4 Å². The largest absolute Gasteiger partial charge is 0.392 e. The fraction of sp³-hybridized carbons (Fsp3) is 0.200. The predicted octanol–water partition coefficient (Wildman–Crippen LogP) is 1.29. The van der Waals surface area contributed by atoms with Crippen molar-refractivity contribution in [2.75, 3.05) is 6.61 Å². The van der Waals surface area contributed by atoms with E-state index in [2.05, 4.69) is 0 Å². The number of hydrogen-bond acceptors (Lipinski definition) is 2. The van der Waals surface area contributed by atoms with Crippen LogP contribution >= 0.6 is 0 Å². The van der Waals surface area contributed by atoms with Crippen LogP contribution in [0.3, 0.4) is 0 Å². The molecule has 0 saturated carbocycles. The lowest BCUT2D eigenvalue weighted by atomic mass is 10.1. The van der Waals surface area contributed by atoms with Gasteiger partial charge in [0, 0.05) is 12.1 Å². The van der Waals surface area contributed by atoms with Gasteiger partial charge >= 0.3 is 0 Å². The highest BCUT2D eigenvalue weighted by Crippen LogP contribution is 2.11. The van der Waals surface area contributed by atoms with Crippen molar-refractivity contribution in [2.45, 2.75) is 6.54 Å². The van der Waals surface area contributed by atoms with Crippen LogP contribution < -0.4 is 5.73 Å². The Morgan fingerprint density at radius 3 is 2.85 bits per heavy atom. The maximum atomic E-state index is 13.1. The van der Waals surface area contributed by atoms with Crippen LogP contribution in [0.4, 0.5) is 4.39 Å². The summed E-state index contributed by atoms with van der Waals surface area (Å²) in [6, 6.07) is 4.69. The van der Waals surface area contributed by atoms with E-state index in [0.29, 0.717) is 12.1 Å². The average molecular weight is 181 g/mol. The minimum absolute atomic E-state index is 0.0910. The summed E-state index contributed by atoms with van der Waals surface area (Å²) in [4.78, 5) is 0. The number of aliphatic hydroxyl groups excluding tert-OH is 1. The van der Waals surface area contributed by atoms with E-state index in [1.165, 1.54) is 18.2 Å². The summed E-state index contributed by atoms with van der Waals surface area (Å²) in [6.45, 7) is 0.298. The zero-order valence-corrected chi connectivity index (χ0v) is 7.20. The number of aliphatic hydroxyl groups is 1. The third-order valence-corrected chi connectivity index (χ3v) is 1.70. The van der Waals surface area contributed by atoms with Crippen LogP contribution in [0.15, 0.2) is 24.3 Å². The van der Waals surface area contributed by atoms with Gasteiger partial charge in [-0.2, -0.15) is 0 Å². The van der Waals surface area contributed by atoms with E-state index in [9.17, 15) is 4.39 Å². The SMILES string of the molecule is NCc1ccc(F)c(C=CCO)c1.